The van der Waals surface area contributed by atoms with E-state index in [1.165, 1.54) is 5.06 Å². The number of hydrogen-bond donors (Lipinski definition) is 0. The van der Waals surface area contributed by atoms with Gasteiger partial charge in [0.15, 0.2) is 0 Å². The Balaban J connectivity index is 1.69. The van der Waals surface area contributed by atoms with Crippen molar-refractivity contribution < 1.29 is 14.7 Å². The fourth-order valence-electron chi connectivity index (χ4n) is 3.03. The normalized spacial score (nSPS) is 34.6. The lowest BCUT2D eigenvalue weighted by molar-refractivity contribution is -0.264. The van der Waals surface area contributed by atoms with E-state index in [2.05, 4.69) is 22.6 Å². The lowest BCUT2D eigenvalue weighted by Gasteiger charge is -2.40. The fourth-order valence-corrected chi connectivity index (χ4v) is 3.18. The summed E-state index contributed by atoms with van der Waals surface area (Å²) in [5, 5.41) is 13.6. The molecule has 0 aromatic rings. The molecule has 1 atom stereocenters. The van der Waals surface area contributed by atoms with Crippen LogP contribution in [0, 0.1) is 0 Å². The van der Waals surface area contributed by atoms with Gasteiger partial charge in [-0.2, -0.15) is 0 Å². The summed E-state index contributed by atoms with van der Waals surface area (Å²) in [6.07, 6.45) is 5.37. The summed E-state index contributed by atoms with van der Waals surface area (Å²) < 4.78 is 5.43. The molecule has 3 fully saturated rings. The predicted octanol–water partition coefficient (Wildman–Crippen LogP) is 2.23. The number of nitrogens with zero attached hydrogens (tertiary/aromatic N) is 1. The van der Waals surface area contributed by atoms with Crippen molar-refractivity contribution in [1.29, 1.82) is 0 Å². The molecule has 2 saturated carbocycles. The Hall–Kier alpha value is 0.120. The minimum Gasteiger partial charge on any atom is -0.461 e. The first-order chi connectivity index (χ1) is 7.97. The molecule has 3 rings (SSSR count). The number of carbonyl (C=O) groups excluding carboxylic acids is 1. The maximum atomic E-state index is 12.2. The van der Waals surface area contributed by atoms with Crippen LogP contribution in [0.5, 0.6) is 0 Å². The highest BCUT2D eigenvalue weighted by Crippen LogP contribution is 2.60. The zero-order valence-electron chi connectivity index (χ0n) is 9.95. The number of ether oxygens (including phenoxy) is 1. The van der Waals surface area contributed by atoms with Crippen molar-refractivity contribution in [3.63, 3.8) is 0 Å². The van der Waals surface area contributed by atoms with Crippen LogP contribution in [0.1, 0.15) is 45.4 Å². The maximum Gasteiger partial charge on any atom is 0.318 e. The Bertz CT molecular complexity index is 328. The number of esters is 1. The van der Waals surface area contributed by atoms with Gasteiger partial charge in [0, 0.05) is 12.8 Å². The second-order valence-electron chi connectivity index (χ2n) is 5.83. The molecule has 0 bridgehead atoms. The molecule has 5 heteroatoms. The molecule has 1 saturated heterocycles. The summed E-state index contributed by atoms with van der Waals surface area (Å²) >= 11 is 2.07. The molecule has 95 valence electrons. The first kappa shape index (κ1) is 12.2. The van der Waals surface area contributed by atoms with Gasteiger partial charge in [0.1, 0.15) is 10.0 Å². The number of carbonyl (C=O) groups is 1. The van der Waals surface area contributed by atoms with Crippen molar-refractivity contribution in [1.82, 2.24) is 5.06 Å². The second-order valence-corrected chi connectivity index (χ2v) is 7.69. The maximum absolute atomic E-state index is 12.2. The Morgan fingerprint density at radius 2 is 1.76 bits per heavy atom. The number of piperidine rings is 1. The van der Waals surface area contributed by atoms with Crippen molar-refractivity contribution in [2.24, 2.45) is 0 Å². The average Bonchev–Trinajstić information content (AvgIpc) is 3.14. The third kappa shape index (κ3) is 2.00. The van der Waals surface area contributed by atoms with Gasteiger partial charge in [-0.1, -0.05) is 22.6 Å². The van der Waals surface area contributed by atoms with E-state index >= 15 is 0 Å². The van der Waals surface area contributed by atoms with E-state index < -0.39 is 0 Å². The highest BCUT2D eigenvalue weighted by atomic mass is 127. The summed E-state index contributed by atoms with van der Waals surface area (Å²) in [5.74, 6) is -0.137. The third-order valence-corrected chi connectivity index (χ3v) is 4.85. The van der Waals surface area contributed by atoms with E-state index in [1.807, 2.05) is 6.92 Å². The van der Waals surface area contributed by atoms with E-state index in [4.69, 9.17) is 4.74 Å². The summed E-state index contributed by atoms with van der Waals surface area (Å²) in [6, 6.07) is 0. The Morgan fingerprint density at radius 3 is 2.12 bits per heavy atom. The second kappa shape index (κ2) is 3.81. The number of hydrogen-bond acceptors (Lipinski definition) is 3. The van der Waals surface area contributed by atoms with Gasteiger partial charge >= 0.3 is 5.97 Å². The third-order valence-electron chi connectivity index (χ3n) is 4.34. The zero-order valence-corrected chi connectivity index (χ0v) is 12.1. The molecule has 0 N–H and O–H groups in total. The molecule has 3 aliphatic rings. The Labute approximate surface area is 115 Å². The lowest BCUT2D eigenvalue weighted by Crippen LogP contribution is -2.52. The van der Waals surface area contributed by atoms with Crippen LogP contribution in [0.15, 0.2) is 0 Å². The number of alkyl halides is 1. The Morgan fingerprint density at radius 1 is 1.29 bits per heavy atom. The van der Waals surface area contributed by atoms with Crippen molar-refractivity contribution in [3.8, 4) is 0 Å². The number of hydroxylamine groups is 2. The van der Waals surface area contributed by atoms with Crippen LogP contribution in [0.25, 0.3) is 0 Å². The number of rotatable bonds is 2. The smallest absolute Gasteiger partial charge is 0.318 e. The fraction of sp³-hybridized carbons (Fsp3) is 0.917. The lowest BCUT2D eigenvalue weighted by atomic mass is 9.91. The molecule has 4 nitrogen and oxygen atoms in total. The topological polar surface area (TPSA) is 49.4 Å². The summed E-state index contributed by atoms with van der Waals surface area (Å²) in [6.45, 7) is 1.84. The summed E-state index contributed by atoms with van der Waals surface area (Å²) in [7, 11) is 0. The molecular weight excluding hydrogens is 333 g/mol. The van der Waals surface area contributed by atoms with E-state index in [0.29, 0.717) is 0 Å². The highest BCUT2D eigenvalue weighted by Gasteiger charge is 2.66. The molecule has 1 radical (unpaired) electrons. The number of halogens is 1. The van der Waals surface area contributed by atoms with Crippen molar-refractivity contribution in [3.05, 3.63) is 0 Å². The predicted molar refractivity (Wildman–Crippen MR) is 69.1 cm³/mol. The van der Waals surface area contributed by atoms with E-state index in [-0.39, 0.29) is 27.1 Å². The minimum absolute atomic E-state index is 0.0325. The van der Waals surface area contributed by atoms with Gasteiger partial charge in [0.25, 0.3) is 0 Å². The summed E-state index contributed by atoms with van der Waals surface area (Å²) in [5.41, 5.74) is -0.345. The zero-order chi connectivity index (χ0) is 12.3. The van der Waals surface area contributed by atoms with Gasteiger partial charge in [-0.15, -0.1) is 10.3 Å². The van der Waals surface area contributed by atoms with Crippen LogP contribution in [0.4, 0.5) is 0 Å². The van der Waals surface area contributed by atoms with Crippen molar-refractivity contribution in [2.75, 3.05) is 0 Å². The first-order valence-corrected chi connectivity index (χ1v) is 7.54. The standard InChI is InChI=1S/C12H17INO3/c1-8(13)10(15)17-9-6-11(2-3-11)14(16)12(7-9)4-5-12/h8-9H,2-7H2,1H3. The molecule has 17 heavy (non-hydrogen) atoms. The van der Waals surface area contributed by atoms with E-state index in [9.17, 15) is 10.0 Å². The molecule has 2 aliphatic carbocycles. The first-order valence-electron chi connectivity index (χ1n) is 6.30. The molecule has 0 amide bonds. The SMILES string of the molecule is CC(I)C(=O)OC1CC2(CC2)N([O])C2(CC2)C1. The molecule has 0 aromatic carbocycles. The molecule has 0 aromatic heterocycles. The van der Waals surface area contributed by atoms with Gasteiger partial charge in [0.2, 0.25) is 0 Å². The van der Waals surface area contributed by atoms with E-state index in [1.54, 1.807) is 0 Å². The van der Waals surface area contributed by atoms with Gasteiger partial charge in [-0.3, -0.25) is 4.79 Å². The minimum atomic E-state index is -0.172. The van der Waals surface area contributed by atoms with Crippen LogP contribution >= 0.6 is 22.6 Å². The Kier molecular flexibility index (Phi) is 2.72. The molecule has 1 aliphatic heterocycles. The van der Waals surface area contributed by atoms with Crippen LogP contribution in [-0.2, 0) is 14.7 Å². The highest BCUT2D eigenvalue weighted by molar-refractivity contribution is 14.1. The van der Waals surface area contributed by atoms with Crippen LogP contribution in [0.3, 0.4) is 0 Å². The van der Waals surface area contributed by atoms with Gasteiger partial charge in [0.05, 0.1) is 11.1 Å². The van der Waals surface area contributed by atoms with Crippen LogP contribution < -0.4 is 0 Å². The molecular formula is C12H17INO3. The summed E-state index contributed by atoms with van der Waals surface area (Å²) in [4.78, 5) is 11.6. The van der Waals surface area contributed by atoms with Crippen molar-refractivity contribution >= 4 is 28.6 Å². The van der Waals surface area contributed by atoms with Gasteiger partial charge in [-0.05, 0) is 32.6 Å². The molecule has 1 unspecified atom stereocenters. The van der Waals surface area contributed by atoms with Gasteiger partial charge < -0.3 is 4.74 Å². The van der Waals surface area contributed by atoms with Gasteiger partial charge in [-0.25, -0.2) is 0 Å². The monoisotopic (exact) mass is 350 g/mol. The van der Waals surface area contributed by atoms with E-state index in [0.717, 1.165) is 38.5 Å². The van der Waals surface area contributed by atoms with Crippen LogP contribution in [-0.4, -0.2) is 32.1 Å². The molecule has 1 heterocycles. The van der Waals surface area contributed by atoms with Crippen molar-refractivity contribution in [2.45, 2.75) is 66.6 Å². The molecule has 2 spiro atoms. The largest absolute Gasteiger partial charge is 0.461 e. The average molecular weight is 350 g/mol. The quantitative estimate of drug-likeness (QED) is 0.436. The van der Waals surface area contributed by atoms with Crippen LogP contribution in [0.2, 0.25) is 0 Å².